The lowest BCUT2D eigenvalue weighted by molar-refractivity contribution is 0.0240. The first-order chi connectivity index (χ1) is 13.3. The number of amides is 1. The van der Waals surface area contributed by atoms with Gasteiger partial charge in [0.1, 0.15) is 5.60 Å². The second-order valence-electron chi connectivity index (χ2n) is 8.91. The Morgan fingerprint density at radius 2 is 1.79 bits per heavy atom. The Balaban J connectivity index is 1.45. The number of carbonyl (C=O) groups is 1. The lowest BCUT2D eigenvalue weighted by atomic mass is 10.0. The van der Waals surface area contributed by atoms with Crippen LogP contribution in [0.5, 0.6) is 0 Å². The Bertz CT molecular complexity index is 719. The van der Waals surface area contributed by atoms with E-state index in [1.165, 1.54) is 5.69 Å². The van der Waals surface area contributed by atoms with Gasteiger partial charge in [-0.15, -0.1) is 0 Å². The van der Waals surface area contributed by atoms with E-state index in [1.807, 2.05) is 27.0 Å². The van der Waals surface area contributed by atoms with Crippen molar-refractivity contribution in [1.29, 1.82) is 0 Å². The topological polar surface area (TPSA) is 58.1 Å². The first kappa shape index (κ1) is 19.8. The van der Waals surface area contributed by atoms with Crippen molar-refractivity contribution in [2.75, 3.05) is 62.3 Å². The summed E-state index contributed by atoms with van der Waals surface area (Å²) in [4.78, 5) is 23.6. The highest BCUT2D eigenvalue weighted by Gasteiger charge is 2.38. The number of nitrogens with zero attached hydrogens (tertiary/aromatic N) is 4. The number of halogens is 1. The largest absolute Gasteiger partial charge is 0.444 e. The van der Waals surface area contributed by atoms with E-state index in [0.29, 0.717) is 24.9 Å². The van der Waals surface area contributed by atoms with Crippen molar-refractivity contribution in [3.8, 4) is 0 Å². The van der Waals surface area contributed by atoms with Crippen LogP contribution in [-0.4, -0.2) is 74.1 Å². The van der Waals surface area contributed by atoms with Crippen molar-refractivity contribution in [3.63, 3.8) is 0 Å². The van der Waals surface area contributed by atoms with E-state index in [0.717, 1.165) is 49.7 Å². The monoisotopic (exact) mass is 452 g/mol. The first-order valence-corrected chi connectivity index (χ1v) is 10.8. The molecule has 0 bridgehead atoms. The summed E-state index contributed by atoms with van der Waals surface area (Å²) in [5.41, 5.74) is 0.709. The van der Waals surface area contributed by atoms with Gasteiger partial charge in [-0.3, -0.25) is 0 Å². The van der Waals surface area contributed by atoms with Crippen LogP contribution in [0.4, 0.5) is 16.3 Å². The molecule has 0 N–H and O–H groups in total. The average molecular weight is 453 g/mol. The van der Waals surface area contributed by atoms with Crippen LogP contribution < -0.4 is 9.80 Å². The third-order valence-electron chi connectivity index (χ3n) is 5.63. The molecule has 4 rings (SSSR count). The number of carbonyl (C=O) groups excluding carboxylic acids is 1. The van der Waals surface area contributed by atoms with E-state index in [-0.39, 0.29) is 6.09 Å². The molecule has 1 amide bonds. The molecule has 0 aliphatic carbocycles. The van der Waals surface area contributed by atoms with Gasteiger partial charge < -0.3 is 24.2 Å². The van der Waals surface area contributed by atoms with Crippen molar-refractivity contribution < 1.29 is 14.3 Å². The molecule has 1 aromatic rings. The maximum Gasteiger partial charge on any atom is 0.410 e. The number of piperazine rings is 1. The van der Waals surface area contributed by atoms with Crippen molar-refractivity contribution in [2.45, 2.75) is 26.4 Å². The molecule has 8 heteroatoms. The van der Waals surface area contributed by atoms with Gasteiger partial charge in [0, 0.05) is 61.8 Å². The van der Waals surface area contributed by atoms with Gasteiger partial charge in [-0.2, -0.15) is 0 Å². The highest BCUT2D eigenvalue weighted by atomic mass is 79.9. The fourth-order valence-electron chi connectivity index (χ4n) is 4.21. The van der Waals surface area contributed by atoms with Gasteiger partial charge in [0.15, 0.2) is 5.82 Å². The number of hydrogen-bond donors (Lipinski definition) is 0. The third-order valence-corrected chi connectivity index (χ3v) is 6.06. The van der Waals surface area contributed by atoms with Crippen molar-refractivity contribution in [3.05, 3.63) is 16.7 Å². The fraction of sp³-hybridized carbons (Fsp3) is 0.700. The minimum absolute atomic E-state index is 0.233. The molecule has 28 heavy (non-hydrogen) atoms. The Kier molecular flexibility index (Phi) is 5.44. The third kappa shape index (κ3) is 4.22. The predicted molar refractivity (Wildman–Crippen MR) is 112 cm³/mol. The predicted octanol–water partition coefficient (Wildman–Crippen LogP) is 2.98. The Labute approximate surface area is 175 Å². The van der Waals surface area contributed by atoms with Gasteiger partial charge in [-0.05, 0) is 42.8 Å². The van der Waals surface area contributed by atoms with Gasteiger partial charge in [0.25, 0.3) is 0 Å². The highest BCUT2D eigenvalue weighted by Crippen LogP contribution is 2.38. The summed E-state index contributed by atoms with van der Waals surface area (Å²) >= 11 is 3.58. The van der Waals surface area contributed by atoms with Crippen LogP contribution in [0.1, 0.15) is 20.8 Å². The summed E-state index contributed by atoms with van der Waals surface area (Å²) in [7, 11) is 0. The zero-order chi connectivity index (χ0) is 19.9. The molecule has 0 radical (unpaired) electrons. The summed E-state index contributed by atoms with van der Waals surface area (Å²) in [6.45, 7) is 12.3. The molecule has 154 valence electrons. The summed E-state index contributed by atoms with van der Waals surface area (Å²) in [5.74, 6) is 2.25. The Hall–Kier alpha value is -1.54. The van der Waals surface area contributed by atoms with Gasteiger partial charge in [0.05, 0.1) is 18.9 Å². The van der Waals surface area contributed by atoms with E-state index in [2.05, 4.69) is 31.8 Å². The normalized spacial score (nSPS) is 25.2. The Morgan fingerprint density at radius 3 is 2.39 bits per heavy atom. The molecular formula is C20H29BrN4O3. The Morgan fingerprint density at radius 1 is 1.14 bits per heavy atom. The summed E-state index contributed by atoms with van der Waals surface area (Å²) in [5, 5.41) is 0. The van der Waals surface area contributed by atoms with Gasteiger partial charge in [0.2, 0.25) is 0 Å². The number of rotatable bonds is 2. The van der Waals surface area contributed by atoms with E-state index in [1.54, 1.807) is 4.90 Å². The quantitative estimate of drug-likeness (QED) is 0.687. The number of aromatic nitrogens is 1. The minimum Gasteiger partial charge on any atom is -0.444 e. The summed E-state index contributed by atoms with van der Waals surface area (Å²) in [6.07, 6.45) is 1.63. The van der Waals surface area contributed by atoms with Gasteiger partial charge in [-0.25, -0.2) is 9.78 Å². The molecule has 0 aromatic carbocycles. The fourth-order valence-corrected chi connectivity index (χ4v) is 4.53. The zero-order valence-electron chi connectivity index (χ0n) is 16.9. The molecule has 0 saturated carbocycles. The lowest BCUT2D eigenvalue weighted by Crippen LogP contribution is -2.50. The van der Waals surface area contributed by atoms with Gasteiger partial charge in [-0.1, -0.05) is 0 Å². The molecule has 1 aromatic heterocycles. The van der Waals surface area contributed by atoms with Crippen LogP contribution in [0, 0.1) is 11.8 Å². The molecule has 2 atom stereocenters. The van der Waals surface area contributed by atoms with E-state index < -0.39 is 5.60 Å². The molecular weight excluding hydrogens is 424 g/mol. The number of anilines is 2. The van der Waals surface area contributed by atoms with Crippen LogP contribution in [0.25, 0.3) is 0 Å². The number of pyridine rings is 1. The first-order valence-electron chi connectivity index (χ1n) is 10.0. The molecule has 3 fully saturated rings. The molecule has 3 saturated heterocycles. The van der Waals surface area contributed by atoms with Crippen molar-refractivity contribution in [2.24, 2.45) is 11.8 Å². The summed E-state index contributed by atoms with van der Waals surface area (Å²) in [6, 6.07) is 2.17. The number of fused-ring (bicyclic) bond motifs is 1. The van der Waals surface area contributed by atoms with E-state index in [9.17, 15) is 4.79 Å². The second-order valence-corrected chi connectivity index (χ2v) is 9.83. The van der Waals surface area contributed by atoms with Crippen LogP contribution in [0.2, 0.25) is 0 Å². The van der Waals surface area contributed by atoms with Crippen LogP contribution >= 0.6 is 15.9 Å². The molecule has 4 heterocycles. The maximum atomic E-state index is 12.3. The SMILES string of the molecule is CC(C)(C)OC(=O)N1CCN(c2ncc(Br)cc2N2C[C@H]3COC[C@H]3C2)CC1. The smallest absolute Gasteiger partial charge is 0.410 e. The molecule has 0 spiro atoms. The number of ether oxygens (including phenoxy) is 2. The molecule has 3 aliphatic heterocycles. The zero-order valence-corrected chi connectivity index (χ0v) is 18.4. The minimum atomic E-state index is -0.466. The van der Waals surface area contributed by atoms with E-state index in [4.69, 9.17) is 14.5 Å². The van der Waals surface area contributed by atoms with Crippen LogP contribution in [0.3, 0.4) is 0 Å². The van der Waals surface area contributed by atoms with Crippen molar-refractivity contribution >= 4 is 33.5 Å². The van der Waals surface area contributed by atoms with Crippen molar-refractivity contribution in [1.82, 2.24) is 9.88 Å². The summed E-state index contributed by atoms with van der Waals surface area (Å²) < 4.78 is 12.1. The number of hydrogen-bond acceptors (Lipinski definition) is 6. The second kappa shape index (κ2) is 7.71. The maximum absolute atomic E-state index is 12.3. The van der Waals surface area contributed by atoms with Crippen LogP contribution in [0.15, 0.2) is 16.7 Å². The standard InChI is InChI=1S/C20H29BrN4O3/c1-20(2,3)28-19(26)24-6-4-23(5-7-24)18-17(8-16(21)9-22-18)25-10-14-12-27-13-15(14)11-25/h8-9,14-15H,4-7,10-13H2,1-3H3/t14-,15+. The lowest BCUT2D eigenvalue weighted by Gasteiger charge is -2.37. The molecule has 3 aliphatic rings. The molecule has 7 nitrogen and oxygen atoms in total. The average Bonchev–Trinajstić information content (AvgIpc) is 3.22. The highest BCUT2D eigenvalue weighted by molar-refractivity contribution is 9.10. The van der Waals surface area contributed by atoms with Gasteiger partial charge >= 0.3 is 6.09 Å². The van der Waals surface area contributed by atoms with E-state index >= 15 is 0 Å². The molecule has 0 unspecified atom stereocenters. The van der Waals surface area contributed by atoms with Crippen LogP contribution in [-0.2, 0) is 9.47 Å².